The zero-order chi connectivity index (χ0) is 19.9. The van der Waals surface area contributed by atoms with Crippen LogP contribution in [0.5, 0.6) is 0 Å². The highest BCUT2D eigenvalue weighted by molar-refractivity contribution is 7.38. The van der Waals surface area contributed by atoms with Crippen LogP contribution in [0.4, 0.5) is 11.4 Å². The van der Waals surface area contributed by atoms with E-state index in [1.165, 1.54) is 0 Å². The van der Waals surface area contributed by atoms with Crippen molar-refractivity contribution in [2.24, 2.45) is 0 Å². The Labute approximate surface area is 165 Å². The number of benzene rings is 3. The molecule has 0 aliphatic carbocycles. The van der Waals surface area contributed by atoms with Gasteiger partial charge in [0, 0.05) is 11.1 Å². The number of nitrogen functional groups attached to an aromatic ring is 1. The van der Waals surface area contributed by atoms with Crippen LogP contribution in [-0.2, 0) is 15.3 Å². The fourth-order valence-electron chi connectivity index (χ4n) is 2.77. The van der Waals surface area contributed by atoms with Gasteiger partial charge in [-0.1, -0.05) is 48.5 Å². The van der Waals surface area contributed by atoms with E-state index in [0.717, 1.165) is 16.7 Å². The van der Waals surface area contributed by atoms with Crippen molar-refractivity contribution in [1.82, 2.24) is 0 Å². The molecule has 0 bridgehead atoms. The maximum absolute atomic E-state index is 12.6. The topological polar surface area (TPSA) is 81.4 Å². The second kappa shape index (κ2) is 9.27. The predicted octanol–water partition coefficient (Wildman–Crippen LogP) is 5.47. The van der Waals surface area contributed by atoms with Crippen LogP contribution >= 0.6 is 8.03 Å². The quantitative estimate of drug-likeness (QED) is 0.412. The van der Waals surface area contributed by atoms with E-state index in [1.807, 2.05) is 42.5 Å². The predicted molar refractivity (Wildman–Crippen MR) is 114 cm³/mol. The van der Waals surface area contributed by atoms with Crippen molar-refractivity contribution in [2.45, 2.75) is 13.1 Å². The van der Waals surface area contributed by atoms with Gasteiger partial charge in [-0.2, -0.15) is 0 Å². The molecule has 142 valence electrons. The Morgan fingerprint density at radius 3 is 2.39 bits per heavy atom. The van der Waals surface area contributed by atoms with Gasteiger partial charge in [-0.3, -0.25) is 4.79 Å². The Balaban J connectivity index is 1.73. The molecule has 0 saturated heterocycles. The molecule has 3 rings (SSSR count). The van der Waals surface area contributed by atoms with E-state index in [2.05, 4.69) is 5.32 Å². The molecular weight excluding hydrogens is 371 g/mol. The van der Waals surface area contributed by atoms with E-state index in [4.69, 9.17) is 10.3 Å². The fraction of sp³-hybridized carbons (Fsp3) is 0.136. The van der Waals surface area contributed by atoms with Gasteiger partial charge in [0.05, 0.1) is 18.0 Å². The molecule has 0 aliphatic heterocycles. The number of rotatable bonds is 7. The lowest BCUT2D eigenvalue weighted by Crippen LogP contribution is -2.13. The lowest BCUT2D eigenvalue weighted by Gasteiger charge is -2.11. The SMILES string of the molecule is CCO[P+](=O)Cc1ccc(C(=O)Nc2cc(-c3ccccc3)ccc2N)cc1. The molecule has 3 N–H and O–H groups in total. The average molecular weight is 393 g/mol. The molecule has 0 aliphatic rings. The molecule has 0 radical (unpaired) electrons. The van der Waals surface area contributed by atoms with Crippen LogP contribution in [-0.4, -0.2) is 12.5 Å². The van der Waals surface area contributed by atoms with Crippen molar-refractivity contribution in [3.8, 4) is 11.1 Å². The number of carbonyl (C=O) groups excluding carboxylic acids is 1. The van der Waals surface area contributed by atoms with Gasteiger partial charge in [-0.05, 0) is 46.9 Å². The molecular formula is C22H22N2O3P+. The Morgan fingerprint density at radius 1 is 1.00 bits per heavy atom. The van der Waals surface area contributed by atoms with Crippen molar-refractivity contribution in [2.75, 3.05) is 17.7 Å². The Kier molecular flexibility index (Phi) is 6.53. The highest BCUT2D eigenvalue weighted by Gasteiger charge is 2.17. The molecule has 6 heteroatoms. The van der Waals surface area contributed by atoms with Gasteiger partial charge in [0.15, 0.2) is 0 Å². The van der Waals surface area contributed by atoms with Gasteiger partial charge >= 0.3 is 8.03 Å². The average Bonchev–Trinajstić information content (AvgIpc) is 2.71. The van der Waals surface area contributed by atoms with Gasteiger partial charge in [-0.25, -0.2) is 0 Å². The molecule has 0 fully saturated rings. The minimum absolute atomic E-state index is 0.252. The highest BCUT2D eigenvalue weighted by Crippen LogP contribution is 2.29. The summed E-state index contributed by atoms with van der Waals surface area (Å²) in [5.41, 5.74) is 10.5. The summed E-state index contributed by atoms with van der Waals surface area (Å²) in [5, 5.41) is 2.87. The Morgan fingerprint density at radius 2 is 1.71 bits per heavy atom. The number of carbonyl (C=O) groups is 1. The van der Waals surface area contributed by atoms with E-state index in [-0.39, 0.29) is 5.91 Å². The molecule has 1 atom stereocenters. The summed E-state index contributed by atoms with van der Waals surface area (Å²) in [6, 6.07) is 22.4. The molecule has 0 spiro atoms. The zero-order valence-corrected chi connectivity index (χ0v) is 16.5. The van der Waals surface area contributed by atoms with Gasteiger partial charge in [0.1, 0.15) is 0 Å². The number of nitrogens with two attached hydrogens (primary N) is 1. The van der Waals surface area contributed by atoms with Crippen LogP contribution in [0.1, 0.15) is 22.8 Å². The van der Waals surface area contributed by atoms with Gasteiger partial charge in [0.25, 0.3) is 5.91 Å². The minimum atomic E-state index is -1.72. The fourth-order valence-corrected chi connectivity index (χ4v) is 3.66. The first kappa shape index (κ1) is 19.7. The van der Waals surface area contributed by atoms with E-state index in [1.54, 1.807) is 37.3 Å². The van der Waals surface area contributed by atoms with Crippen molar-refractivity contribution in [3.05, 3.63) is 83.9 Å². The first-order valence-electron chi connectivity index (χ1n) is 8.99. The third-order valence-corrected chi connectivity index (χ3v) is 5.38. The van der Waals surface area contributed by atoms with Crippen molar-refractivity contribution in [3.63, 3.8) is 0 Å². The van der Waals surface area contributed by atoms with Crippen LogP contribution in [0.2, 0.25) is 0 Å². The van der Waals surface area contributed by atoms with Crippen LogP contribution in [0.3, 0.4) is 0 Å². The Hall–Kier alpha value is -3.01. The summed E-state index contributed by atoms with van der Waals surface area (Å²) in [5.74, 6) is -0.252. The molecule has 5 nitrogen and oxygen atoms in total. The molecule has 0 saturated carbocycles. The molecule has 0 aromatic heterocycles. The van der Waals surface area contributed by atoms with E-state index in [9.17, 15) is 9.36 Å². The second-order valence-electron chi connectivity index (χ2n) is 6.23. The monoisotopic (exact) mass is 393 g/mol. The zero-order valence-electron chi connectivity index (χ0n) is 15.6. The molecule has 28 heavy (non-hydrogen) atoms. The first-order chi connectivity index (χ1) is 13.6. The standard InChI is InChI=1S/C22H21N2O3P/c1-2-27-28(26)15-16-8-10-18(11-9-16)22(25)24-21-14-19(12-13-20(21)23)17-6-4-3-5-7-17/h3-14H,2,15,23H2,1H3/p+1. The third kappa shape index (κ3) is 5.03. The maximum Gasteiger partial charge on any atom is 0.512 e. The van der Waals surface area contributed by atoms with Gasteiger partial charge in [0.2, 0.25) is 6.16 Å². The van der Waals surface area contributed by atoms with Crippen molar-refractivity contribution in [1.29, 1.82) is 0 Å². The highest BCUT2D eigenvalue weighted by atomic mass is 31.1. The van der Waals surface area contributed by atoms with E-state index >= 15 is 0 Å². The molecule has 3 aromatic rings. The summed E-state index contributed by atoms with van der Waals surface area (Å²) in [4.78, 5) is 12.6. The van der Waals surface area contributed by atoms with Crippen LogP contribution in [0.15, 0.2) is 72.8 Å². The van der Waals surface area contributed by atoms with Crippen LogP contribution in [0, 0.1) is 0 Å². The normalized spacial score (nSPS) is 11.1. The largest absolute Gasteiger partial charge is 0.512 e. The summed E-state index contributed by atoms with van der Waals surface area (Å²) in [7, 11) is -1.72. The first-order valence-corrected chi connectivity index (χ1v) is 10.4. The second-order valence-corrected chi connectivity index (χ2v) is 7.47. The van der Waals surface area contributed by atoms with Crippen LogP contribution in [0.25, 0.3) is 11.1 Å². The number of hydrogen-bond donors (Lipinski definition) is 2. The number of anilines is 2. The summed E-state index contributed by atoms with van der Waals surface area (Å²) in [6.07, 6.45) is 0.330. The lowest BCUT2D eigenvalue weighted by molar-refractivity contribution is 0.102. The molecule has 1 amide bonds. The number of amides is 1. The van der Waals surface area contributed by atoms with Crippen LogP contribution < -0.4 is 11.1 Å². The number of hydrogen-bond acceptors (Lipinski definition) is 4. The summed E-state index contributed by atoms with van der Waals surface area (Å²) >= 11 is 0. The van der Waals surface area contributed by atoms with Gasteiger partial charge in [-0.15, -0.1) is 4.52 Å². The summed E-state index contributed by atoms with van der Waals surface area (Å²) in [6.45, 7) is 2.22. The Bertz CT molecular complexity index is 973. The molecule has 0 heterocycles. The third-order valence-electron chi connectivity index (χ3n) is 4.21. The van der Waals surface area contributed by atoms with Crippen molar-refractivity contribution >= 4 is 25.3 Å². The van der Waals surface area contributed by atoms with Gasteiger partial charge < -0.3 is 11.1 Å². The maximum atomic E-state index is 12.6. The molecule has 1 unspecified atom stereocenters. The number of nitrogens with one attached hydrogen (secondary N) is 1. The smallest absolute Gasteiger partial charge is 0.397 e. The molecule has 3 aromatic carbocycles. The lowest BCUT2D eigenvalue weighted by atomic mass is 10.0. The summed E-state index contributed by atoms with van der Waals surface area (Å²) < 4.78 is 16.8. The minimum Gasteiger partial charge on any atom is -0.397 e. The van der Waals surface area contributed by atoms with E-state index < -0.39 is 8.03 Å². The van der Waals surface area contributed by atoms with E-state index in [0.29, 0.717) is 29.7 Å². The van der Waals surface area contributed by atoms with Crippen molar-refractivity contribution < 1.29 is 13.9 Å².